The summed E-state index contributed by atoms with van der Waals surface area (Å²) >= 11 is 7.35. The average molecular weight is 483 g/mol. The first-order valence-corrected chi connectivity index (χ1v) is 11.2. The molecule has 0 fully saturated rings. The van der Waals surface area contributed by atoms with Crippen LogP contribution in [0.25, 0.3) is 6.08 Å². The fourth-order valence-electron chi connectivity index (χ4n) is 2.89. The van der Waals surface area contributed by atoms with Crippen LogP contribution in [0, 0.1) is 0 Å². The Morgan fingerprint density at radius 1 is 1.24 bits per heavy atom. The number of amidine groups is 1. The third-order valence-electron chi connectivity index (χ3n) is 4.45. The van der Waals surface area contributed by atoms with E-state index in [-0.39, 0.29) is 23.2 Å². The van der Waals surface area contributed by atoms with Gasteiger partial charge in [0.2, 0.25) is 5.27 Å². The minimum atomic E-state index is -0.450. The number of halogens is 1. The Hall–Kier alpha value is -3.63. The Kier molecular flexibility index (Phi) is 6.76. The smallest absolute Gasteiger partial charge is 0.324 e. The Morgan fingerprint density at radius 3 is 2.67 bits per heavy atom. The van der Waals surface area contributed by atoms with Crippen molar-refractivity contribution in [3.63, 3.8) is 0 Å². The molecule has 1 aromatic heterocycles. The molecule has 1 amide bonds. The second kappa shape index (κ2) is 9.88. The molecule has 0 N–H and O–H groups in total. The zero-order valence-electron chi connectivity index (χ0n) is 17.8. The Labute approximate surface area is 199 Å². The third-order valence-corrected chi connectivity index (χ3v) is 5.72. The second-order valence-corrected chi connectivity index (χ2v) is 8.37. The van der Waals surface area contributed by atoms with Gasteiger partial charge in [-0.2, -0.15) is 5.01 Å². The maximum atomic E-state index is 13.2. The van der Waals surface area contributed by atoms with Crippen molar-refractivity contribution in [2.75, 3.05) is 29.8 Å². The van der Waals surface area contributed by atoms with Gasteiger partial charge in [-0.15, -0.1) is 0 Å². The van der Waals surface area contributed by atoms with E-state index in [0.717, 1.165) is 11.8 Å². The van der Waals surface area contributed by atoms with Gasteiger partial charge in [-0.05, 0) is 35.7 Å². The van der Waals surface area contributed by atoms with Crippen LogP contribution < -0.4 is 19.8 Å². The molecule has 2 aromatic carbocycles. The van der Waals surface area contributed by atoms with Gasteiger partial charge in [0.05, 0.1) is 24.6 Å². The molecule has 0 aliphatic carbocycles. The molecule has 0 saturated heterocycles. The summed E-state index contributed by atoms with van der Waals surface area (Å²) < 4.78 is 5.03. The van der Waals surface area contributed by atoms with E-state index in [9.17, 15) is 9.90 Å². The highest BCUT2D eigenvalue weighted by atomic mass is 35.5. The Balaban J connectivity index is 1.59. The first-order valence-electron chi connectivity index (χ1n) is 9.80. The molecule has 0 bridgehead atoms. The molecule has 168 valence electrons. The van der Waals surface area contributed by atoms with Crippen LogP contribution >= 0.6 is 23.4 Å². The van der Waals surface area contributed by atoms with Gasteiger partial charge in [-0.25, -0.2) is 9.98 Å². The van der Waals surface area contributed by atoms with Crippen LogP contribution in [-0.2, 0) is 4.79 Å². The van der Waals surface area contributed by atoms with Crippen molar-refractivity contribution in [3.8, 4) is 0 Å². The second-order valence-electron chi connectivity index (χ2n) is 7.02. The number of nitrogens with zero attached hydrogens (tertiary/aromatic N) is 6. The summed E-state index contributed by atoms with van der Waals surface area (Å²) in [5.74, 6) is -0.723. The molecule has 1 aliphatic rings. The van der Waals surface area contributed by atoms with Crippen molar-refractivity contribution in [1.82, 2.24) is 5.27 Å². The molecule has 3 aromatic rings. The van der Waals surface area contributed by atoms with Gasteiger partial charge in [0.25, 0.3) is 12.1 Å². The summed E-state index contributed by atoms with van der Waals surface area (Å²) in [6, 6.07) is 16.3. The molecule has 1 aliphatic heterocycles. The Morgan fingerprint density at radius 2 is 1.97 bits per heavy atom. The van der Waals surface area contributed by atoms with E-state index in [1.165, 1.54) is 15.9 Å². The number of carbonyl (C=O) groups is 1. The van der Waals surface area contributed by atoms with Crippen LogP contribution in [0.15, 0.2) is 81.0 Å². The van der Waals surface area contributed by atoms with Crippen molar-refractivity contribution in [3.05, 3.63) is 77.1 Å². The normalized spacial score (nSPS) is 15.3. The van der Waals surface area contributed by atoms with Crippen LogP contribution in [0.4, 0.5) is 11.6 Å². The third kappa shape index (κ3) is 5.24. The van der Waals surface area contributed by atoms with Gasteiger partial charge in [0, 0.05) is 10.8 Å². The van der Waals surface area contributed by atoms with Crippen molar-refractivity contribution in [2.45, 2.75) is 0 Å². The largest absolute Gasteiger partial charge is 0.861 e. The van der Waals surface area contributed by atoms with Crippen molar-refractivity contribution >= 4 is 58.0 Å². The number of para-hydroxylation sites is 1. The summed E-state index contributed by atoms with van der Waals surface area (Å²) in [7, 11) is 3.54. The zero-order valence-corrected chi connectivity index (χ0v) is 19.3. The molecule has 0 radical (unpaired) electrons. The lowest BCUT2D eigenvalue weighted by Crippen LogP contribution is -2.53. The standard InChI is InChI=1S/C22H19ClN6O3S/c1-27(2)28-13-20(32-26-28)25-19(30)14-33-22-24-18(12-15-8-6-7-11-17(15)23)21(31)29(22)16-9-4-3-5-10-16/h3-13H,14H2,1-2H3/b18-12+. The van der Waals surface area contributed by atoms with Gasteiger partial charge >= 0.3 is 5.88 Å². The van der Waals surface area contributed by atoms with Crippen LogP contribution in [0.3, 0.4) is 0 Å². The first kappa shape index (κ1) is 22.6. The molecule has 9 nitrogen and oxygen atoms in total. The number of rotatable bonds is 6. The number of anilines is 1. The highest BCUT2D eigenvalue weighted by Crippen LogP contribution is 2.30. The monoisotopic (exact) mass is 482 g/mol. The van der Waals surface area contributed by atoms with Crippen LogP contribution in [0.1, 0.15) is 5.56 Å². The molecular weight excluding hydrogens is 464 g/mol. The van der Waals surface area contributed by atoms with E-state index in [1.807, 2.05) is 30.3 Å². The molecule has 11 heteroatoms. The van der Waals surface area contributed by atoms with Crippen molar-refractivity contribution in [1.29, 1.82) is 0 Å². The van der Waals surface area contributed by atoms with E-state index in [2.05, 4.69) is 15.3 Å². The summed E-state index contributed by atoms with van der Waals surface area (Å²) in [6.45, 7) is 0. The van der Waals surface area contributed by atoms with Gasteiger partial charge in [-0.3, -0.25) is 14.2 Å². The van der Waals surface area contributed by atoms with E-state index in [1.54, 1.807) is 49.4 Å². The molecule has 4 rings (SSSR count). The molecule has 0 saturated carbocycles. The fourth-order valence-corrected chi connectivity index (χ4v) is 3.87. The Bertz CT molecular complexity index is 1260. The lowest BCUT2D eigenvalue weighted by Gasteiger charge is -2.18. The minimum Gasteiger partial charge on any atom is -0.861 e. The fraction of sp³-hybridized carbons (Fsp3) is 0.136. The predicted octanol–water partition coefficient (Wildman–Crippen LogP) is 2.38. The summed E-state index contributed by atoms with van der Waals surface area (Å²) in [5.41, 5.74) is 1.54. The molecule has 33 heavy (non-hydrogen) atoms. The van der Waals surface area contributed by atoms with E-state index >= 15 is 0 Å². The van der Waals surface area contributed by atoms with Gasteiger partial charge in [0.15, 0.2) is 5.17 Å². The number of hydrogen-bond donors (Lipinski definition) is 0. The highest BCUT2D eigenvalue weighted by Gasteiger charge is 2.32. The maximum absolute atomic E-state index is 13.2. The van der Waals surface area contributed by atoms with Crippen LogP contribution in [-0.4, -0.2) is 42.1 Å². The number of hydrogen-bond acceptors (Lipinski definition) is 8. The minimum absolute atomic E-state index is 0.0442. The van der Waals surface area contributed by atoms with Gasteiger partial charge in [0.1, 0.15) is 5.70 Å². The summed E-state index contributed by atoms with van der Waals surface area (Å²) in [5, 5.41) is 18.7. The molecular formula is C22H19ClN6O3S. The summed E-state index contributed by atoms with van der Waals surface area (Å²) in [4.78, 5) is 24.5. The average Bonchev–Trinajstić information content (AvgIpc) is 3.39. The van der Waals surface area contributed by atoms with Gasteiger partial charge in [-0.1, -0.05) is 59.8 Å². The lowest BCUT2D eigenvalue weighted by atomic mass is 10.2. The number of amides is 1. The van der Waals surface area contributed by atoms with Crippen molar-refractivity contribution in [2.24, 2.45) is 9.98 Å². The lowest BCUT2D eigenvalue weighted by molar-refractivity contribution is -0.753. The molecule has 2 heterocycles. The number of carbonyl (C=O) groups excluding carboxylic acids is 1. The zero-order chi connectivity index (χ0) is 23.4. The van der Waals surface area contributed by atoms with E-state index in [0.29, 0.717) is 21.4 Å². The van der Waals surface area contributed by atoms with Crippen LogP contribution in [0.5, 0.6) is 0 Å². The van der Waals surface area contributed by atoms with E-state index < -0.39 is 5.90 Å². The molecule has 0 atom stereocenters. The van der Waals surface area contributed by atoms with Crippen molar-refractivity contribution < 1.29 is 19.2 Å². The number of aliphatic imine (C=N–C) groups is 2. The van der Waals surface area contributed by atoms with Gasteiger partial charge < -0.3 is 5.11 Å². The predicted molar refractivity (Wildman–Crippen MR) is 127 cm³/mol. The molecule has 0 unspecified atom stereocenters. The number of thioether (sulfide) groups is 1. The topological polar surface area (TPSA) is 101 Å². The molecule has 0 spiro atoms. The quantitative estimate of drug-likeness (QED) is 0.231. The SMILES string of the molecule is CN(C)[n+]1cc(/N=C(/[O-])CSC2=N/C(=C/c3ccccc3Cl)C(=O)N2c2ccccc2)on1. The van der Waals surface area contributed by atoms with E-state index in [4.69, 9.17) is 16.1 Å². The first-order chi connectivity index (χ1) is 15.9. The highest BCUT2D eigenvalue weighted by molar-refractivity contribution is 8.14. The number of aromatic nitrogens is 2. The number of benzene rings is 2. The van der Waals surface area contributed by atoms with Crippen LogP contribution in [0.2, 0.25) is 5.02 Å². The summed E-state index contributed by atoms with van der Waals surface area (Å²) in [6.07, 6.45) is 3.12. The maximum Gasteiger partial charge on any atom is 0.324 e.